The third-order valence-electron chi connectivity index (χ3n) is 5.27. The van der Waals surface area contributed by atoms with Crippen LogP contribution in [0.1, 0.15) is 27.4 Å². The zero-order valence-corrected chi connectivity index (χ0v) is 23.3. The van der Waals surface area contributed by atoms with E-state index < -0.39 is 15.9 Å². The molecule has 0 fully saturated rings. The van der Waals surface area contributed by atoms with E-state index in [2.05, 4.69) is 10.5 Å². The minimum Gasteiger partial charge on any atom is -0.459 e. The van der Waals surface area contributed by atoms with Gasteiger partial charge in [0.15, 0.2) is 0 Å². The second-order valence-electron chi connectivity index (χ2n) is 7.98. The second kappa shape index (κ2) is 12.3. The number of nitrogens with one attached hydrogen (secondary N) is 1. The maximum absolute atomic E-state index is 13.5. The summed E-state index contributed by atoms with van der Waals surface area (Å²) in [6.07, 6.45) is 1.29. The van der Waals surface area contributed by atoms with Crippen LogP contribution in [0.2, 0.25) is 20.1 Å². The van der Waals surface area contributed by atoms with E-state index in [4.69, 9.17) is 50.8 Å². The molecule has 4 aromatic rings. The van der Waals surface area contributed by atoms with Gasteiger partial charge in [0.1, 0.15) is 11.5 Å². The normalized spacial score (nSPS) is 11.8. The minimum atomic E-state index is -3.91. The summed E-state index contributed by atoms with van der Waals surface area (Å²) >= 11 is 23.8. The fraction of sp³-hybridized carbons (Fsp3) is 0.0769. The molecule has 196 valence electrons. The van der Waals surface area contributed by atoms with Crippen molar-refractivity contribution in [3.8, 4) is 0 Å². The highest BCUT2D eigenvalue weighted by Crippen LogP contribution is 2.24. The second-order valence-corrected chi connectivity index (χ2v) is 11.6. The lowest BCUT2D eigenvalue weighted by molar-refractivity contribution is 0.0955. The van der Waals surface area contributed by atoms with E-state index in [1.165, 1.54) is 46.9 Å². The van der Waals surface area contributed by atoms with Crippen LogP contribution in [0.5, 0.6) is 0 Å². The Morgan fingerprint density at radius 2 is 1.47 bits per heavy atom. The number of hydrogen-bond donors (Lipinski definition) is 1. The molecule has 38 heavy (non-hydrogen) atoms. The summed E-state index contributed by atoms with van der Waals surface area (Å²) < 4.78 is 34.0. The third-order valence-corrected chi connectivity index (χ3v) is 8.13. The number of benzene rings is 3. The fourth-order valence-electron chi connectivity index (χ4n) is 3.39. The van der Waals surface area contributed by atoms with Crippen LogP contribution < -0.4 is 5.43 Å². The third kappa shape index (κ3) is 7.17. The smallest absolute Gasteiger partial charge is 0.272 e. The number of sulfonamides is 1. The van der Waals surface area contributed by atoms with Crippen LogP contribution in [0.4, 0.5) is 0 Å². The van der Waals surface area contributed by atoms with E-state index in [0.717, 1.165) is 5.56 Å². The van der Waals surface area contributed by atoms with E-state index in [0.29, 0.717) is 26.6 Å². The molecule has 0 atom stereocenters. The molecule has 0 unspecified atom stereocenters. The molecule has 1 aromatic heterocycles. The Hall–Kier alpha value is -2.85. The van der Waals surface area contributed by atoms with Gasteiger partial charge in [-0.25, -0.2) is 13.8 Å². The van der Waals surface area contributed by atoms with Gasteiger partial charge in [-0.3, -0.25) is 4.79 Å². The van der Waals surface area contributed by atoms with Gasteiger partial charge in [0.2, 0.25) is 10.0 Å². The highest BCUT2D eigenvalue weighted by atomic mass is 35.5. The van der Waals surface area contributed by atoms with Gasteiger partial charge in [-0.05, 0) is 72.3 Å². The van der Waals surface area contributed by atoms with Crippen molar-refractivity contribution >= 4 is 68.5 Å². The quantitative estimate of drug-likeness (QED) is 0.162. The Kier molecular flexibility index (Phi) is 9.15. The molecule has 1 heterocycles. The number of hydrogen-bond acceptors (Lipinski definition) is 5. The molecule has 0 aliphatic rings. The molecule has 1 N–H and O–H groups in total. The Balaban J connectivity index is 1.50. The van der Waals surface area contributed by atoms with Crippen LogP contribution in [0, 0.1) is 0 Å². The Morgan fingerprint density at radius 3 is 2.13 bits per heavy atom. The molecular weight excluding hydrogens is 592 g/mol. The molecule has 7 nitrogen and oxygen atoms in total. The van der Waals surface area contributed by atoms with Crippen molar-refractivity contribution in [3.05, 3.63) is 122 Å². The lowest BCUT2D eigenvalue weighted by atomic mass is 10.2. The van der Waals surface area contributed by atoms with Crippen LogP contribution in [-0.2, 0) is 23.1 Å². The standard InChI is InChI=1S/C26H19Cl4N3O4S/c27-18-3-1-17(2-4-18)15-33(38(35,36)23-10-5-19(28)6-11-23)16-22-9-8-21(37-22)14-31-32-26(34)24-12-7-20(29)13-25(24)30/h1-14H,15-16H2,(H,32,34)/b31-14-. The van der Waals surface area contributed by atoms with Crippen molar-refractivity contribution in [3.63, 3.8) is 0 Å². The highest BCUT2D eigenvalue weighted by molar-refractivity contribution is 7.89. The van der Waals surface area contributed by atoms with E-state index in [9.17, 15) is 13.2 Å². The van der Waals surface area contributed by atoms with Gasteiger partial charge >= 0.3 is 0 Å². The van der Waals surface area contributed by atoms with E-state index >= 15 is 0 Å². The summed E-state index contributed by atoms with van der Waals surface area (Å²) in [4.78, 5) is 12.4. The number of halogens is 4. The van der Waals surface area contributed by atoms with Crippen molar-refractivity contribution < 1.29 is 17.6 Å². The van der Waals surface area contributed by atoms with Crippen LogP contribution in [-0.4, -0.2) is 24.8 Å². The predicted octanol–water partition coefficient (Wildman–Crippen LogP) is 7.05. The lowest BCUT2D eigenvalue weighted by Crippen LogP contribution is -2.30. The van der Waals surface area contributed by atoms with Crippen molar-refractivity contribution in [2.75, 3.05) is 0 Å². The molecule has 0 saturated heterocycles. The van der Waals surface area contributed by atoms with Crippen LogP contribution in [0.15, 0.2) is 93.3 Å². The first kappa shape index (κ1) is 28.2. The van der Waals surface area contributed by atoms with E-state index in [1.807, 2.05) is 0 Å². The summed E-state index contributed by atoms with van der Waals surface area (Å²) in [7, 11) is -3.91. The van der Waals surface area contributed by atoms with Crippen LogP contribution in [0.3, 0.4) is 0 Å². The summed E-state index contributed by atoms with van der Waals surface area (Å²) in [5.41, 5.74) is 3.31. The molecule has 1 amide bonds. The zero-order chi connectivity index (χ0) is 27.3. The first-order valence-electron chi connectivity index (χ1n) is 11.0. The molecule has 3 aromatic carbocycles. The van der Waals surface area contributed by atoms with Gasteiger partial charge in [0.05, 0.1) is 28.2 Å². The van der Waals surface area contributed by atoms with Crippen molar-refractivity contribution in [2.24, 2.45) is 5.10 Å². The minimum absolute atomic E-state index is 0.0613. The van der Waals surface area contributed by atoms with Crippen molar-refractivity contribution in [1.82, 2.24) is 9.73 Å². The van der Waals surface area contributed by atoms with E-state index in [1.54, 1.807) is 42.5 Å². The maximum Gasteiger partial charge on any atom is 0.272 e. The molecule has 0 spiro atoms. The van der Waals surface area contributed by atoms with Crippen LogP contribution in [0.25, 0.3) is 0 Å². The largest absolute Gasteiger partial charge is 0.459 e. The molecule has 0 aliphatic heterocycles. The monoisotopic (exact) mass is 609 g/mol. The van der Waals surface area contributed by atoms with Crippen molar-refractivity contribution in [1.29, 1.82) is 0 Å². The molecule has 0 aliphatic carbocycles. The molecule has 4 rings (SSSR count). The van der Waals surface area contributed by atoms with Gasteiger partial charge < -0.3 is 4.42 Å². The number of furan rings is 1. The summed E-state index contributed by atoms with van der Waals surface area (Å²) in [6.45, 7) is 0.0122. The van der Waals surface area contributed by atoms with Crippen LogP contribution >= 0.6 is 46.4 Å². The van der Waals surface area contributed by atoms with Gasteiger partial charge in [-0.2, -0.15) is 9.41 Å². The number of nitrogens with zero attached hydrogens (tertiary/aromatic N) is 2. The Bertz CT molecular complexity index is 1570. The predicted molar refractivity (Wildman–Crippen MR) is 150 cm³/mol. The number of carbonyl (C=O) groups is 1. The number of rotatable bonds is 9. The lowest BCUT2D eigenvalue weighted by Gasteiger charge is -2.21. The van der Waals surface area contributed by atoms with Crippen molar-refractivity contribution in [2.45, 2.75) is 18.0 Å². The Morgan fingerprint density at radius 1 is 0.842 bits per heavy atom. The number of amides is 1. The maximum atomic E-state index is 13.5. The average Bonchev–Trinajstić information content (AvgIpc) is 3.32. The summed E-state index contributed by atoms with van der Waals surface area (Å²) in [6, 6.07) is 20.5. The molecular formula is C26H19Cl4N3O4S. The Labute approximate surface area is 239 Å². The number of hydrazone groups is 1. The fourth-order valence-corrected chi connectivity index (χ4v) is 5.53. The zero-order valence-electron chi connectivity index (χ0n) is 19.4. The molecule has 0 radical (unpaired) electrons. The van der Waals surface area contributed by atoms with Gasteiger partial charge in [0.25, 0.3) is 5.91 Å². The molecule has 0 saturated carbocycles. The average molecular weight is 611 g/mol. The first-order chi connectivity index (χ1) is 18.1. The first-order valence-corrected chi connectivity index (χ1v) is 13.9. The summed E-state index contributed by atoms with van der Waals surface area (Å²) in [5, 5.41) is 5.45. The van der Waals surface area contributed by atoms with E-state index in [-0.39, 0.29) is 28.6 Å². The van der Waals surface area contributed by atoms with Gasteiger partial charge in [-0.1, -0.05) is 58.5 Å². The molecule has 0 bridgehead atoms. The SMILES string of the molecule is O=C(N/N=C\c1ccc(CN(Cc2ccc(Cl)cc2)S(=O)(=O)c2ccc(Cl)cc2)o1)c1ccc(Cl)cc1Cl. The van der Waals surface area contributed by atoms with Gasteiger partial charge in [-0.15, -0.1) is 0 Å². The summed E-state index contributed by atoms with van der Waals surface area (Å²) in [5.74, 6) is 0.140. The number of carbonyl (C=O) groups excluding carboxylic acids is 1. The van der Waals surface area contributed by atoms with Gasteiger partial charge in [0, 0.05) is 21.6 Å². The topological polar surface area (TPSA) is 92.0 Å². The highest BCUT2D eigenvalue weighted by Gasteiger charge is 2.26. The molecule has 12 heteroatoms.